The van der Waals surface area contributed by atoms with Gasteiger partial charge in [0, 0.05) is 67.3 Å². The molecule has 1 aromatic heterocycles. The molecule has 0 N–H and O–H groups in total. The van der Waals surface area contributed by atoms with Crippen molar-refractivity contribution in [3.05, 3.63) is 47.3 Å². The number of thiophene rings is 1. The Balaban J connectivity index is 1.27. The number of alkyl halides is 1. The molecule has 34 heavy (non-hydrogen) atoms. The summed E-state index contributed by atoms with van der Waals surface area (Å²) in [7, 11) is 3.32. The van der Waals surface area contributed by atoms with Crippen LogP contribution in [0.3, 0.4) is 0 Å². The predicted molar refractivity (Wildman–Crippen MR) is 142 cm³/mol. The van der Waals surface area contributed by atoms with Crippen LogP contribution in [0.15, 0.2) is 41.8 Å². The minimum absolute atomic E-state index is 0.0615. The maximum atomic E-state index is 11.9. The Labute approximate surface area is 210 Å². The van der Waals surface area contributed by atoms with E-state index >= 15 is 0 Å². The first-order valence-electron chi connectivity index (χ1n) is 11.6. The molecular formula is C26H32ClN3O3S. The normalized spacial score (nSPS) is 14.4. The molecule has 0 spiro atoms. The van der Waals surface area contributed by atoms with Crippen LogP contribution < -0.4 is 19.3 Å². The third kappa shape index (κ3) is 5.43. The monoisotopic (exact) mass is 501 g/mol. The largest absolute Gasteiger partial charge is 0.493 e. The highest BCUT2D eigenvalue weighted by molar-refractivity contribution is 7.17. The lowest BCUT2D eigenvalue weighted by Crippen LogP contribution is -2.46. The summed E-state index contributed by atoms with van der Waals surface area (Å²) in [5.41, 5.74) is 3.02. The van der Waals surface area contributed by atoms with E-state index in [2.05, 4.69) is 39.4 Å². The number of hydrogen-bond acceptors (Lipinski definition) is 6. The van der Waals surface area contributed by atoms with Crippen LogP contribution in [0, 0.1) is 6.92 Å². The number of hydrogen-bond donors (Lipinski definition) is 0. The van der Waals surface area contributed by atoms with E-state index in [9.17, 15) is 4.79 Å². The minimum Gasteiger partial charge on any atom is -0.493 e. The van der Waals surface area contributed by atoms with Crippen LogP contribution in [0.25, 0.3) is 10.1 Å². The van der Waals surface area contributed by atoms with Gasteiger partial charge in [0.2, 0.25) is 5.91 Å². The molecule has 1 saturated heterocycles. The third-order valence-corrected chi connectivity index (χ3v) is 7.48. The van der Waals surface area contributed by atoms with Crippen LogP contribution in [0.5, 0.6) is 11.5 Å². The van der Waals surface area contributed by atoms with E-state index < -0.39 is 0 Å². The second-order valence-electron chi connectivity index (χ2n) is 8.52. The Hall–Kier alpha value is -2.48. The van der Waals surface area contributed by atoms with Crippen molar-refractivity contribution in [1.29, 1.82) is 0 Å². The lowest BCUT2D eigenvalue weighted by atomic mass is 10.1. The second kappa shape index (κ2) is 11.3. The fraction of sp³-hybridized carbons (Fsp3) is 0.423. The number of benzene rings is 2. The SMILES string of the molecule is COc1cc(N(C)C(=O)CCl)cc(C)c1OCCCN1CCN(c2cccc3sccc23)CC1. The van der Waals surface area contributed by atoms with Gasteiger partial charge in [0.25, 0.3) is 0 Å². The van der Waals surface area contributed by atoms with Gasteiger partial charge in [-0.3, -0.25) is 9.69 Å². The number of nitrogens with zero attached hydrogens (tertiary/aromatic N) is 3. The fourth-order valence-electron chi connectivity index (χ4n) is 4.42. The average Bonchev–Trinajstić information content (AvgIpc) is 3.35. The average molecular weight is 502 g/mol. The molecule has 4 rings (SSSR count). The van der Waals surface area contributed by atoms with Crippen molar-refractivity contribution in [3.8, 4) is 11.5 Å². The Kier molecular flexibility index (Phi) is 8.19. The highest BCUT2D eigenvalue weighted by atomic mass is 35.5. The van der Waals surface area contributed by atoms with E-state index in [1.54, 1.807) is 25.5 Å². The van der Waals surface area contributed by atoms with Crippen LogP contribution in [0.2, 0.25) is 0 Å². The molecule has 2 heterocycles. The van der Waals surface area contributed by atoms with Gasteiger partial charge < -0.3 is 19.3 Å². The molecule has 6 nitrogen and oxygen atoms in total. The van der Waals surface area contributed by atoms with E-state index in [-0.39, 0.29) is 11.8 Å². The highest BCUT2D eigenvalue weighted by Gasteiger charge is 2.19. The molecule has 8 heteroatoms. The number of amides is 1. The highest BCUT2D eigenvalue weighted by Crippen LogP contribution is 2.36. The van der Waals surface area contributed by atoms with Crippen LogP contribution in [0.1, 0.15) is 12.0 Å². The van der Waals surface area contributed by atoms with Gasteiger partial charge in [-0.15, -0.1) is 22.9 Å². The Morgan fingerprint density at radius 2 is 1.97 bits per heavy atom. The smallest absolute Gasteiger partial charge is 0.241 e. The lowest BCUT2D eigenvalue weighted by Gasteiger charge is -2.36. The summed E-state index contributed by atoms with van der Waals surface area (Å²) in [6.07, 6.45) is 0.940. The number of rotatable bonds is 9. The van der Waals surface area contributed by atoms with Crippen LogP contribution >= 0.6 is 22.9 Å². The second-order valence-corrected chi connectivity index (χ2v) is 9.74. The zero-order valence-electron chi connectivity index (χ0n) is 20.1. The number of anilines is 2. The molecule has 182 valence electrons. The number of aryl methyl sites for hydroxylation is 1. The number of halogens is 1. The van der Waals surface area contributed by atoms with Crippen molar-refractivity contribution in [2.75, 3.05) is 69.2 Å². The Morgan fingerprint density at radius 3 is 2.71 bits per heavy atom. The molecule has 0 aliphatic carbocycles. The molecule has 1 fully saturated rings. The van der Waals surface area contributed by atoms with Gasteiger partial charge in [0.15, 0.2) is 11.5 Å². The Morgan fingerprint density at radius 1 is 1.18 bits per heavy atom. The van der Waals surface area contributed by atoms with E-state index in [0.29, 0.717) is 12.4 Å². The molecule has 3 aromatic rings. The summed E-state index contributed by atoms with van der Waals surface area (Å²) in [5.74, 6) is 1.13. The summed E-state index contributed by atoms with van der Waals surface area (Å²) < 4.78 is 13.0. The molecule has 0 saturated carbocycles. The number of carbonyl (C=O) groups is 1. The first-order valence-corrected chi connectivity index (χ1v) is 13.0. The molecule has 0 unspecified atom stereocenters. The number of ether oxygens (including phenoxy) is 2. The van der Waals surface area contributed by atoms with Crippen molar-refractivity contribution >= 4 is 50.3 Å². The number of piperazine rings is 1. The summed E-state index contributed by atoms with van der Waals surface area (Å²) in [6.45, 7) is 7.77. The van der Waals surface area contributed by atoms with Gasteiger partial charge >= 0.3 is 0 Å². The van der Waals surface area contributed by atoms with Gasteiger partial charge in [-0.1, -0.05) is 6.07 Å². The number of fused-ring (bicyclic) bond motifs is 1. The van der Waals surface area contributed by atoms with Gasteiger partial charge in [-0.25, -0.2) is 0 Å². The van der Waals surface area contributed by atoms with E-state index in [1.165, 1.54) is 20.7 Å². The molecule has 0 radical (unpaired) electrons. The van der Waals surface area contributed by atoms with E-state index in [1.807, 2.05) is 19.1 Å². The Bertz CT molecular complexity index is 1130. The maximum absolute atomic E-state index is 11.9. The number of carbonyl (C=O) groups excluding carboxylic acids is 1. The molecule has 1 aliphatic heterocycles. The molecule has 1 aliphatic rings. The summed E-state index contributed by atoms with van der Waals surface area (Å²) in [4.78, 5) is 18.5. The first-order chi connectivity index (χ1) is 16.5. The molecule has 1 amide bonds. The zero-order chi connectivity index (χ0) is 24.1. The molecular weight excluding hydrogens is 470 g/mol. The van der Waals surface area contributed by atoms with E-state index in [0.717, 1.165) is 56.1 Å². The molecule has 0 bridgehead atoms. The van der Waals surface area contributed by atoms with Crippen molar-refractivity contribution < 1.29 is 14.3 Å². The topological polar surface area (TPSA) is 45.2 Å². The third-order valence-electron chi connectivity index (χ3n) is 6.37. The summed E-state index contributed by atoms with van der Waals surface area (Å²) >= 11 is 7.50. The van der Waals surface area contributed by atoms with Crippen molar-refractivity contribution in [1.82, 2.24) is 4.90 Å². The van der Waals surface area contributed by atoms with Crippen molar-refractivity contribution in [3.63, 3.8) is 0 Å². The van der Waals surface area contributed by atoms with Gasteiger partial charge in [-0.05, 0) is 48.6 Å². The standard InChI is InChI=1S/C26H32ClN3O3S/c1-19-16-20(28(2)25(31)18-27)17-23(32-3)26(19)33-14-5-9-29-10-12-30(13-11-29)22-6-4-7-24-21(22)8-15-34-24/h4,6-8,15-17H,5,9-14,18H2,1-3H3. The maximum Gasteiger partial charge on any atom is 0.241 e. The minimum atomic E-state index is -0.163. The van der Waals surface area contributed by atoms with Crippen molar-refractivity contribution in [2.24, 2.45) is 0 Å². The van der Waals surface area contributed by atoms with Crippen LogP contribution in [-0.2, 0) is 4.79 Å². The number of methoxy groups -OCH3 is 1. The van der Waals surface area contributed by atoms with Crippen molar-refractivity contribution in [2.45, 2.75) is 13.3 Å². The zero-order valence-corrected chi connectivity index (χ0v) is 21.6. The quantitative estimate of drug-likeness (QED) is 0.304. The van der Waals surface area contributed by atoms with Gasteiger partial charge in [-0.2, -0.15) is 0 Å². The lowest BCUT2D eigenvalue weighted by molar-refractivity contribution is -0.116. The first kappa shape index (κ1) is 24.6. The molecule has 2 aromatic carbocycles. The van der Waals surface area contributed by atoms with Gasteiger partial charge in [0.1, 0.15) is 5.88 Å². The summed E-state index contributed by atoms with van der Waals surface area (Å²) in [5, 5.41) is 3.54. The van der Waals surface area contributed by atoms with Gasteiger partial charge in [0.05, 0.1) is 13.7 Å². The summed E-state index contributed by atoms with van der Waals surface area (Å²) in [6, 6.07) is 12.6. The molecule has 0 atom stereocenters. The van der Waals surface area contributed by atoms with Crippen LogP contribution in [0.4, 0.5) is 11.4 Å². The fourth-order valence-corrected chi connectivity index (χ4v) is 5.40. The van der Waals surface area contributed by atoms with E-state index in [4.69, 9.17) is 21.1 Å². The predicted octanol–water partition coefficient (Wildman–Crippen LogP) is 5.01. The van der Waals surface area contributed by atoms with Crippen LogP contribution in [-0.4, -0.2) is 70.2 Å².